The second kappa shape index (κ2) is 7.50. The summed E-state index contributed by atoms with van der Waals surface area (Å²) in [7, 11) is 1.56. The van der Waals surface area contributed by atoms with Gasteiger partial charge < -0.3 is 14.2 Å². The number of Topliss-reactive ketones (excluding diaryl/α,β-unsaturated/α-hetero) is 1. The second-order valence-electron chi connectivity index (χ2n) is 8.60. The lowest BCUT2D eigenvalue weighted by Crippen LogP contribution is -2.26. The van der Waals surface area contributed by atoms with E-state index in [4.69, 9.17) is 9.72 Å². The molecule has 3 aromatic rings. The minimum atomic E-state index is -3.69. The van der Waals surface area contributed by atoms with E-state index in [1.165, 1.54) is 12.1 Å². The number of pyridine rings is 2. The fraction of sp³-hybridized carbons (Fsp3) is 0.320. The van der Waals surface area contributed by atoms with Crippen molar-refractivity contribution in [3.63, 3.8) is 0 Å². The Labute approximate surface area is 189 Å². The van der Waals surface area contributed by atoms with E-state index in [9.17, 15) is 13.6 Å². The molecule has 3 heterocycles. The largest absolute Gasteiger partial charge is 0.586 e. The Bertz CT molecular complexity index is 1270. The van der Waals surface area contributed by atoms with Gasteiger partial charge in [0, 0.05) is 18.3 Å². The van der Waals surface area contributed by atoms with Gasteiger partial charge in [0.2, 0.25) is 5.88 Å². The van der Waals surface area contributed by atoms with Crippen LogP contribution in [-0.4, -0.2) is 29.2 Å². The molecule has 1 aliphatic heterocycles. The number of methoxy groups -OCH3 is 1. The fourth-order valence-electron chi connectivity index (χ4n) is 4.30. The van der Waals surface area contributed by atoms with Crippen LogP contribution in [0.5, 0.6) is 17.4 Å². The number of hydrogen-bond acceptors (Lipinski definition) is 6. The molecule has 1 saturated carbocycles. The molecule has 1 fully saturated rings. The standard InChI is InChI=1S/C25H22F2N2O4/c1-14-8-17(29-19(10-14)18-9-15(2)13-28-23(18)31-3)12-22(30)24(6-7-24)16-4-5-20-21(11-16)33-25(26,27)32-20/h4-5,8-11,13H,6-7,12H2,1-3H3. The highest BCUT2D eigenvalue weighted by molar-refractivity contribution is 5.94. The first-order valence-corrected chi connectivity index (χ1v) is 10.6. The summed E-state index contributed by atoms with van der Waals surface area (Å²) >= 11 is 0. The molecule has 170 valence electrons. The Morgan fingerprint density at radius 1 is 1.06 bits per heavy atom. The molecule has 0 radical (unpaired) electrons. The quantitative estimate of drug-likeness (QED) is 0.528. The summed E-state index contributed by atoms with van der Waals surface area (Å²) in [5.74, 6) is 0.377. The number of ketones is 1. The third-order valence-corrected chi connectivity index (χ3v) is 6.06. The van der Waals surface area contributed by atoms with E-state index in [0.717, 1.165) is 16.7 Å². The van der Waals surface area contributed by atoms with Crippen molar-refractivity contribution in [1.29, 1.82) is 0 Å². The van der Waals surface area contributed by atoms with Crippen molar-refractivity contribution in [2.24, 2.45) is 0 Å². The molecule has 0 unspecified atom stereocenters. The first kappa shape index (κ1) is 21.3. The van der Waals surface area contributed by atoms with Gasteiger partial charge in [0.25, 0.3) is 0 Å². The number of hydrogen-bond donors (Lipinski definition) is 0. The number of nitrogens with zero attached hydrogens (tertiary/aromatic N) is 2. The maximum absolute atomic E-state index is 13.4. The third-order valence-electron chi connectivity index (χ3n) is 6.06. The number of aryl methyl sites for hydroxylation is 2. The van der Waals surface area contributed by atoms with Crippen LogP contribution in [0.15, 0.2) is 42.6 Å². The SMILES string of the molecule is COc1ncc(C)cc1-c1cc(C)cc(CC(=O)C2(c3ccc4c(c3)OC(F)(F)O4)CC2)n1. The molecule has 2 aromatic heterocycles. The van der Waals surface area contributed by atoms with Crippen LogP contribution in [0.1, 0.15) is 35.2 Å². The van der Waals surface area contributed by atoms with Gasteiger partial charge in [0.05, 0.1) is 23.8 Å². The number of benzene rings is 1. The Morgan fingerprint density at radius 3 is 2.55 bits per heavy atom. The number of rotatable bonds is 6. The van der Waals surface area contributed by atoms with Crippen LogP contribution in [-0.2, 0) is 16.6 Å². The van der Waals surface area contributed by atoms with Gasteiger partial charge in [-0.2, -0.15) is 0 Å². The number of ether oxygens (including phenoxy) is 3. The van der Waals surface area contributed by atoms with E-state index < -0.39 is 11.7 Å². The lowest BCUT2D eigenvalue weighted by molar-refractivity contribution is -0.286. The molecule has 8 heteroatoms. The normalized spacial score (nSPS) is 17.0. The van der Waals surface area contributed by atoms with Crippen molar-refractivity contribution in [3.8, 4) is 28.6 Å². The molecule has 5 rings (SSSR count). The lowest BCUT2D eigenvalue weighted by atomic mass is 9.88. The molecule has 0 amide bonds. The van der Waals surface area contributed by atoms with E-state index in [1.807, 2.05) is 32.0 Å². The van der Waals surface area contributed by atoms with Crippen LogP contribution in [0.3, 0.4) is 0 Å². The van der Waals surface area contributed by atoms with Gasteiger partial charge in [0.1, 0.15) is 5.78 Å². The number of alkyl halides is 2. The van der Waals surface area contributed by atoms with Crippen molar-refractivity contribution in [3.05, 3.63) is 65.0 Å². The zero-order valence-corrected chi connectivity index (χ0v) is 18.4. The summed E-state index contributed by atoms with van der Waals surface area (Å²) in [5, 5.41) is 0. The molecule has 6 nitrogen and oxygen atoms in total. The molecular weight excluding hydrogens is 430 g/mol. The molecular formula is C25H22F2N2O4. The fourth-order valence-corrected chi connectivity index (χ4v) is 4.30. The van der Waals surface area contributed by atoms with Crippen LogP contribution in [0.2, 0.25) is 0 Å². The highest BCUT2D eigenvalue weighted by Gasteiger charge is 2.52. The van der Waals surface area contributed by atoms with Gasteiger partial charge in [0.15, 0.2) is 11.5 Å². The average Bonchev–Trinajstić information content (AvgIpc) is 3.50. The van der Waals surface area contributed by atoms with Crippen LogP contribution in [0, 0.1) is 13.8 Å². The highest BCUT2D eigenvalue weighted by Crippen LogP contribution is 2.52. The van der Waals surface area contributed by atoms with Crippen molar-refractivity contribution in [2.75, 3.05) is 7.11 Å². The molecule has 0 atom stereocenters. The lowest BCUT2D eigenvalue weighted by Gasteiger charge is -2.16. The highest BCUT2D eigenvalue weighted by atomic mass is 19.3. The van der Waals surface area contributed by atoms with E-state index in [-0.39, 0.29) is 23.7 Å². The molecule has 2 aliphatic rings. The van der Waals surface area contributed by atoms with Gasteiger partial charge in [-0.05, 0) is 73.7 Å². The van der Waals surface area contributed by atoms with Crippen molar-refractivity contribution in [1.82, 2.24) is 9.97 Å². The number of fused-ring (bicyclic) bond motifs is 1. The predicted molar refractivity (Wildman–Crippen MR) is 116 cm³/mol. The number of halogens is 2. The summed E-state index contributed by atoms with van der Waals surface area (Å²) in [5.41, 5.74) is 3.94. The zero-order chi connectivity index (χ0) is 23.4. The summed E-state index contributed by atoms with van der Waals surface area (Å²) in [6, 6.07) is 10.3. The average molecular weight is 452 g/mol. The minimum absolute atomic E-state index is 0.00786. The molecule has 33 heavy (non-hydrogen) atoms. The number of carbonyl (C=O) groups excluding carboxylic acids is 1. The second-order valence-corrected chi connectivity index (χ2v) is 8.60. The van der Waals surface area contributed by atoms with Crippen LogP contribution in [0.4, 0.5) is 8.78 Å². The van der Waals surface area contributed by atoms with Gasteiger partial charge in [-0.1, -0.05) is 6.07 Å². The minimum Gasteiger partial charge on any atom is -0.481 e. The molecule has 0 spiro atoms. The zero-order valence-electron chi connectivity index (χ0n) is 18.4. The molecule has 0 N–H and O–H groups in total. The topological polar surface area (TPSA) is 70.5 Å². The van der Waals surface area contributed by atoms with E-state index in [0.29, 0.717) is 35.7 Å². The predicted octanol–water partition coefficient (Wildman–Crippen LogP) is 4.93. The van der Waals surface area contributed by atoms with Crippen LogP contribution >= 0.6 is 0 Å². The summed E-state index contributed by atoms with van der Waals surface area (Å²) in [4.78, 5) is 22.4. The smallest absolute Gasteiger partial charge is 0.481 e. The molecule has 0 saturated heterocycles. The van der Waals surface area contributed by atoms with Gasteiger partial charge >= 0.3 is 6.29 Å². The van der Waals surface area contributed by atoms with Crippen LogP contribution < -0.4 is 14.2 Å². The monoisotopic (exact) mass is 452 g/mol. The Kier molecular flexibility index (Phi) is 4.84. The Hall–Kier alpha value is -3.55. The van der Waals surface area contributed by atoms with E-state index in [1.54, 1.807) is 19.4 Å². The maximum Gasteiger partial charge on any atom is 0.586 e. The third kappa shape index (κ3) is 3.90. The van der Waals surface area contributed by atoms with Crippen molar-refractivity contribution < 1.29 is 27.8 Å². The van der Waals surface area contributed by atoms with Gasteiger partial charge in [-0.15, -0.1) is 8.78 Å². The summed E-state index contributed by atoms with van der Waals surface area (Å²) < 4.78 is 41.2. The number of carbonyl (C=O) groups is 1. The summed E-state index contributed by atoms with van der Waals surface area (Å²) in [6.07, 6.45) is -0.539. The first-order valence-electron chi connectivity index (χ1n) is 10.6. The number of aromatic nitrogens is 2. The first-order chi connectivity index (χ1) is 15.7. The van der Waals surface area contributed by atoms with Crippen molar-refractivity contribution >= 4 is 5.78 Å². The maximum atomic E-state index is 13.4. The molecule has 1 aromatic carbocycles. The van der Waals surface area contributed by atoms with Crippen LogP contribution in [0.25, 0.3) is 11.3 Å². The Morgan fingerprint density at radius 2 is 1.82 bits per heavy atom. The molecule has 1 aliphatic carbocycles. The molecule has 0 bridgehead atoms. The van der Waals surface area contributed by atoms with Gasteiger partial charge in [-0.3, -0.25) is 9.78 Å². The van der Waals surface area contributed by atoms with E-state index in [2.05, 4.69) is 14.5 Å². The van der Waals surface area contributed by atoms with Crippen molar-refractivity contribution in [2.45, 2.75) is 44.8 Å². The van der Waals surface area contributed by atoms with E-state index >= 15 is 0 Å². The Balaban J connectivity index is 1.43. The summed E-state index contributed by atoms with van der Waals surface area (Å²) in [6.45, 7) is 3.88. The van der Waals surface area contributed by atoms with Gasteiger partial charge in [-0.25, -0.2) is 4.98 Å².